The summed E-state index contributed by atoms with van der Waals surface area (Å²) in [7, 11) is 0. The maximum atomic E-state index is 12.3. The highest BCUT2D eigenvalue weighted by molar-refractivity contribution is 5.79. The van der Waals surface area contributed by atoms with Crippen LogP contribution in [0.1, 0.15) is 44.9 Å². The molecule has 1 atom stereocenters. The van der Waals surface area contributed by atoms with E-state index in [-0.39, 0.29) is 5.92 Å². The molecule has 0 aromatic rings. The Labute approximate surface area is 98.4 Å². The second-order valence-electron chi connectivity index (χ2n) is 5.35. The molecule has 2 N–H and O–H groups in total. The molecule has 0 aromatic carbocycles. The van der Waals surface area contributed by atoms with Crippen LogP contribution in [0.4, 0.5) is 0 Å². The fourth-order valence-electron chi connectivity index (χ4n) is 2.60. The first-order chi connectivity index (χ1) is 7.81. The molecule has 1 heterocycles. The summed E-state index contributed by atoms with van der Waals surface area (Å²) < 4.78 is 0. The van der Waals surface area contributed by atoms with Crippen molar-refractivity contribution >= 4 is 5.91 Å². The minimum Gasteiger partial charge on any atom is -0.342 e. The molecule has 16 heavy (non-hydrogen) atoms. The second-order valence-corrected chi connectivity index (χ2v) is 5.35. The third-order valence-electron chi connectivity index (χ3n) is 3.87. The molecule has 1 aliphatic carbocycles. The zero-order valence-electron chi connectivity index (χ0n) is 10.2. The number of nitrogens with zero attached hydrogens (tertiary/aromatic N) is 1. The highest BCUT2D eigenvalue weighted by Crippen LogP contribution is 2.35. The van der Waals surface area contributed by atoms with Gasteiger partial charge in [0.15, 0.2) is 0 Å². The van der Waals surface area contributed by atoms with Gasteiger partial charge in [0.1, 0.15) is 0 Å². The molecule has 92 valence electrons. The summed E-state index contributed by atoms with van der Waals surface area (Å²) in [5.41, 5.74) is 5.75. The Morgan fingerprint density at radius 1 is 1.19 bits per heavy atom. The molecule has 0 aromatic heterocycles. The average Bonchev–Trinajstić information content (AvgIpc) is 3.12. The van der Waals surface area contributed by atoms with Crippen molar-refractivity contribution < 1.29 is 4.79 Å². The molecule has 1 aliphatic heterocycles. The van der Waals surface area contributed by atoms with Gasteiger partial charge in [0, 0.05) is 19.6 Å². The van der Waals surface area contributed by atoms with E-state index in [0.717, 1.165) is 25.4 Å². The van der Waals surface area contributed by atoms with Gasteiger partial charge in [-0.2, -0.15) is 0 Å². The van der Waals surface area contributed by atoms with Crippen molar-refractivity contribution in [3.8, 4) is 0 Å². The largest absolute Gasteiger partial charge is 0.342 e. The average molecular weight is 224 g/mol. The molecule has 3 nitrogen and oxygen atoms in total. The van der Waals surface area contributed by atoms with Crippen LogP contribution in [-0.2, 0) is 4.79 Å². The lowest BCUT2D eigenvalue weighted by Gasteiger charge is -2.25. The molecule has 2 fully saturated rings. The highest BCUT2D eigenvalue weighted by atomic mass is 16.2. The predicted molar refractivity (Wildman–Crippen MR) is 64.9 cm³/mol. The summed E-state index contributed by atoms with van der Waals surface area (Å²) in [5, 5.41) is 0. The Bertz CT molecular complexity index is 226. The first-order valence-corrected chi connectivity index (χ1v) is 6.80. The fraction of sp³-hybridized carbons (Fsp3) is 0.923. The lowest BCUT2D eigenvalue weighted by Crippen LogP contribution is -2.39. The third-order valence-corrected chi connectivity index (χ3v) is 3.87. The molecule has 1 amide bonds. The summed E-state index contributed by atoms with van der Waals surface area (Å²) in [5.74, 6) is 1.23. The first-order valence-electron chi connectivity index (χ1n) is 6.80. The van der Waals surface area contributed by atoms with E-state index >= 15 is 0 Å². The van der Waals surface area contributed by atoms with Gasteiger partial charge < -0.3 is 10.6 Å². The summed E-state index contributed by atoms with van der Waals surface area (Å²) >= 11 is 0. The van der Waals surface area contributed by atoms with Gasteiger partial charge in [0.25, 0.3) is 0 Å². The number of carbonyl (C=O) groups is 1. The summed E-state index contributed by atoms with van der Waals surface area (Å²) in [6, 6.07) is 0. The maximum Gasteiger partial charge on any atom is 0.226 e. The van der Waals surface area contributed by atoms with E-state index in [4.69, 9.17) is 5.73 Å². The van der Waals surface area contributed by atoms with Crippen molar-refractivity contribution in [1.82, 2.24) is 4.90 Å². The van der Waals surface area contributed by atoms with Crippen molar-refractivity contribution in [3.63, 3.8) is 0 Å². The van der Waals surface area contributed by atoms with Crippen LogP contribution in [0.25, 0.3) is 0 Å². The van der Waals surface area contributed by atoms with Crippen LogP contribution in [0.15, 0.2) is 0 Å². The zero-order valence-corrected chi connectivity index (χ0v) is 10.2. The van der Waals surface area contributed by atoms with Gasteiger partial charge >= 0.3 is 0 Å². The van der Waals surface area contributed by atoms with E-state index in [2.05, 4.69) is 4.90 Å². The Balaban J connectivity index is 1.86. The van der Waals surface area contributed by atoms with Crippen LogP contribution < -0.4 is 5.73 Å². The Hall–Kier alpha value is -0.570. The molecule has 0 radical (unpaired) electrons. The van der Waals surface area contributed by atoms with Crippen LogP contribution in [-0.4, -0.2) is 30.4 Å². The van der Waals surface area contributed by atoms with Crippen molar-refractivity contribution in [2.45, 2.75) is 44.9 Å². The molecule has 3 heteroatoms. The van der Waals surface area contributed by atoms with Gasteiger partial charge in [0.2, 0.25) is 5.91 Å². The minimum atomic E-state index is 0.102. The van der Waals surface area contributed by atoms with E-state index in [0.29, 0.717) is 12.5 Å². The van der Waals surface area contributed by atoms with Crippen LogP contribution >= 0.6 is 0 Å². The molecule has 1 saturated heterocycles. The summed E-state index contributed by atoms with van der Waals surface area (Å²) in [6.45, 7) is 2.45. The van der Waals surface area contributed by atoms with Crippen molar-refractivity contribution in [2.24, 2.45) is 17.6 Å². The summed E-state index contributed by atoms with van der Waals surface area (Å²) in [6.07, 6.45) is 8.55. The van der Waals surface area contributed by atoms with Gasteiger partial charge in [0.05, 0.1) is 5.92 Å². The minimum absolute atomic E-state index is 0.102. The molecule has 1 unspecified atom stereocenters. The number of likely N-dealkylation sites (tertiary alicyclic amines) is 1. The monoisotopic (exact) mass is 224 g/mol. The van der Waals surface area contributed by atoms with Gasteiger partial charge in [-0.25, -0.2) is 0 Å². The lowest BCUT2D eigenvalue weighted by atomic mass is 10.0. The van der Waals surface area contributed by atoms with E-state index in [1.54, 1.807) is 0 Å². The molecular weight excluding hydrogens is 200 g/mol. The number of rotatable bonds is 4. The number of amides is 1. The SMILES string of the molecule is NCC(CC1CC1)C(=O)N1CCCCCC1. The lowest BCUT2D eigenvalue weighted by molar-refractivity contribution is -0.135. The highest BCUT2D eigenvalue weighted by Gasteiger charge is 2.30. The molecule has 2 rings (SSSR count). The van der Waals surface area contributed by atoms with Gasteiger partial charge in [-0.05, 0) is 25.2 Å². The quantitative estimate of drug-likeness (QED) is 0.791. The Morgan fingerprint density at radius 3 is 2.31 bits per heavy atom. The number of hydrogen-bond acceptors (Lipinski definition) is 2. The van der Waals surface area contributed by atoms with E-state index in [9.17, 15) is 4.79 Å². The van der Waals surface area contributed by atoms with Crippen LogP contribution in [0, 0.1) is 11.8 Å². The first kappa shape index (κ1) is 11.9. The maximum absolute atomic E-state index is 12.3. The zero-order chi connectivity index (χ0) is 11.4. The van der Waals surface area contributed by atoms with Crippen LogP contribution in [0.5, 0.6) is 0 Å². The topological polar surface area (TPSA) is 46.3 Å². The standard InChI is InChI=1S/C13H24N2O/c14-10-12(9-11-5-6-11)13(16)15-7-3-1-2-4-8-15/h11-12H,1-10,14H2. The fourth-order valence-corrected chi connectivity index (χ4v) is 2.60. The number of nitrogens with two attached hydrogens (primary N) is 1. The van der Waals surface area contributed by atoms with Gasteiger partial charge in [-0.3, -0.25) is 4.79 Å². The number of carbonyl (C=O) groups excluding carboxylic acids is 1. The molecular formula is C13H24N2O. The molecule has 2 aliphatic rings. The normalized spacial score (nSPS) is 23.9. The van der Waals surface area contributed by atoms with Crippen molar-refractivity contribution in [3.05, 3.63) is 0 Å². The number of hydrogen-bond donors (Lipinski definition) is 1. The molecule has 0 bridgehead atoms. The predicted octanol–water partition coefficient (Wildman–Crippen LogP) is 1.76. The molecule has 1 saturated carbocycles. The van der Waals surface area contributed by atoms with Crippen LogP contribution in [0.2, 0.25) is 0 Å². The third kappa shape index (κ3) is 3.21. The van der Waals surface area contributed by atoms with Crippen molar-refractivity contribution in [2.75, 3.05) is 19.6 Å². The van der Waals surface area contributed by atoms with Gasteiger partial charge in [-0.1, -0.05) is 25.7 Å². The van der Waals surface area contributed by atoms with Crippen LogP contribution in [0.3, 0.4) is 0 Å². The Morgan fingerprint density at radius 2 is 1.81 bits per heavy atom. The van der Waals surface area contributed by atoms with E-state index in [1.165, 1.54) is 38.5 Å². The summed E-state index contributed by atoms with van der Waals surface area (Å²) in [4.78, 5) is 14.4. The Kier molecular flexibility index (Phi) is 4.22. The molecule has 0 spiro atoms. The van der Waals surface area contributed by atoms with E-state index < -0.39 is 0 Å². The second kappa shape index (κ2) is 5.67. The van der Waals surface area contributed by atoms with Gasteiger partial charge in [-0.15, -0.1) is 0 Å². The van der Waals surface area contributed by atoms with E-state index in [1.807, 2.05) is 0 Å². The smallest absolute Gasteiger partial charge is 0.226 e. The van der Waals surface area contributed by atoms with Crippen molar-refractivity contribution in [1.29, 1.82) is 0 Å².